The smallest absolute Gasteiger partial charge is 0.246 e. The van der Waals surface area contributed by atoms with Gasteiger partial charge in [-0.15, -0.1) is 0 Å². The minimum Gasteiger partial charge on any atom is -0.508 e. The zero-order chi connectivity index (χ0) is 19.2. The van der Waals surface area contributed by atoms with Crippen LogP contribution in [0.25, 0.3) is 6.08 Å². The van der Waals surface area contributed by atoms with E-state index in [1.165, 1.54) is 0 Å². The van der Waals surface area contributed by atoms with E-state index in [9.17, 15) is 9.90 Å². The van der Waals surface area contributed by atoms with Gasteiger partial charge in [0.25, 0.3) is 0 Å². The maximum Gasteiger partial charge on any atom is 0.246 e. The first kappa shape index (κ1) is 18.6. The second-order valence-electron chi connectivity index (χ2n) is 6.28. The molecule has 0 bridgehead atoms. The summed E-state index contributed by atoms with van der Waals surface area (Å²) in [5.74, 6) is 1.55. The number of amides is 1. The maximum atomic E-state index is 12.5. The minimum absolute atomic E-state index is 0.00450. The number of ether oxygens (including phenoxy) is 2. The third-order valence-electron chi connectivity index (χ3n) is 4.63. The molecule has 6 heteroatoms. The van der Waals surface area contributed by atoms with Crippen LogP contribution < -0.4 is 14.4 Å². The molecule has 1 fully saturated rings. The van der Waals surface area contributed by atoms with Gasteiger partial charge in [0, 0.05) is 37.9 Å². The van der Waals surface area contributed by atoms with Gasteiger partial charge in [0.15, 0.2) is 11.5 Å². The fraction of sp³-hybridized carbons (Fsp3) is 0.286. The molecule has 1 amide bonds. The molecule has 0 atom stereocenters. The van der Waals surface area contributed by atoms with Crippen LogP contribution in [0.15, 0.2) is 48.5 Å². The average molecular weight is 368 g/mol. The molecule has 0 aromatic heterocycles. The second-order valence-corrected chi connectivity index (χ2v) is 6.28. The molecular weight excluding hydrogens is 344 g/mol. The minimum atomic E-state index is -0.00450. The zero-order valence-electron chi connectivity index (χ0n) is 15.6. The Morgan fingerprint density at radius 3 is 2.26 bits per heavy atom. The fourth-order valence-corrected chi connectivity index (χ4v) is 3.08. The number of benzene rings is 2. The molecule has 1 aliphatic heterocycles. The Morgan fingerprint density at radius 2 is 1.63 bits per heavy atom. The lowest BCUT2D eigenvalue weighted by Crippen LogP contribution is -2.48. The van der Waals surface area contributed by atoms with Crippen molar-refractivity contribution in [2.45, 2.75) is 0 Å². The summed E-state index contributed by atoms with van der Waals surface area (Å²) in [5, 5.41) is 9.39. The van der Waals surface area contributed by atoms with Gasteiger partial charge in [0.05, 0.1) is 14.2 Å². The third-order valence-corrected chi connectivity index (χ3v) is 4.63. The number of piperazine rings is 1. The molecule has 0 saturated carbocycles. The highest BCUT2D eigenvalue weighted by atomic mass is 16.5. The van der Waals surface area contributed by atoms with Gasteiger partial charge in [-0.3, -0.25) is 4.79 Å². The number of aromatic hydroxyl groups is 1. The van der Waals surface area contributed by atoms with E-state index in [1.807, 2.05) is 35.2 Å². The van der Waals surface area contributed by atoms with E-state index in [2.05, 4.69) is 4.90 Å². The number of methoxy groups -OCH3 is 2. The number of nitrogens with zero attached hydrogens (tertiary/aromatic N) is 2. The zero-order valence-corrected chi connectivity index (χ0v) is 15.6. The van der Waals surface area contributed by atoms with Gasteiger partial charge in [0.2, 0.25) is 5.91 Å². The van der Waals surface area contributed by atoms with Crippen LogP contribution in [-0.2, 0) is 4.79 Å². The Morgan fingerprint density at radius 1 is 0.963 bits per heavy atom. The number of rotatable bonds is 5. The van der Waals surface area contributed by atoms with Crippen LogP contribution in [0.2, 0.25) is 0 Å². The standard InChI is InChI=1S/C21H24N2O4/c1-26-19-9-3-16(15-20(19)27-2)4-10-21(25)23-13-11-22(12-14-23)17-5-7-18(24)8-6-17/h3-10,15,24H,11-14H2,1-2H3. The van der Waals surface area contributed by atoms with Crippen molar-refractivity contribution in [2.24, 2.45) is 0 Å². The number of phenols is 1. The third kappa shape index (κ3) is 4.53. The van der Waals surface area contributed by atoms with E-state index in [-0.39, 0.29) is 11.7 Å². The molecule has 2 aromatic carbocycles. The molecule has 0 aliphatic carbocycles. The molecule has 0 radical (unpaired) electrons. The van der Waals surface area contributed by atoms with Crippen LogP contribution in [-0.4, -0.2) is 56.3 Å². The van der Waals surface area contributed by atoms with E-state index in [1.54, 1.807) is 38.5 Å². The highest BCUT2D eigenvalue weighted by Gasteiger charge is 2.19. The van der Waals surface area contributed by atoms with Crippen molar-refractivity contribution in [3.63, 3.8) is 0 Å². The Kier molecular flexibility index (Phi) is 5.86. The molecule has 0 unspecified atom stereocenters. The lowest BCUT2D eigenvalue weighted by atomic mass is 10.1. The predicted octanol–water partition coefficient (Wildman–Crippen LogP) is 2.77. The first-order valence-electron chi connectivity index (χ1n) is 8.83. The molecule has 2 aromatic rings. The molecule has 6 nitrogen and oxygen atoms in total. The number of anilines is 1. The first-order valence-corrected chi connectivity index (χ1v) is 8.83. The second kappa shape index (κ2) is 8.49. The Bertz CT molecular complexity index is 809. The van der Waals surface area contributed by atoms with E-state index < -0.39 is 0 Å². The highest BCUT2D eigenvalue weighted by molar-refractivity contribution is 5.92. The van der Waals surface area contributed by atoms with Crippen molar-refractivity contribution >= 4 is 17.7 Å². The molecule has 3 rings (SSSR count). The van der Waals surface area contributed by atoms with Gasteiger partial charge in [-0.1, -0.05) is 6.07 Å². The van der Waals surface area contributed by atoms with Crippen molar-refractivity contribution in [3.8, 4) is 17.2 Å². The summed E-state index contributed by atoms with van der Waals surface area (Å²) in [4.78, 5) is 16.5. The SMILES string of the molecule is COc1ccc(C=CC(=O)N2CCN(c3ccc(O)cc3)CC2)cc1OC. The van der Waals surface area contributed by atoms with Crippen LogP contribution in [0.1, 0.15) is 5.56 Å². The summed E-state index contributed by atoms with van der Waals surface area (Å²) in [6, 6.07) is 12.7. The molecular formula is C21H24N2O4. The Balaban J connectivity index is 1.58. The Labute approximate surface area is 159 Å². The van der Waals surface area contributed by atoms with Crippen LogP contribution >= 0.6 is 0 Å². The number of carbonyl (C=O) groups is 1. The van der Waals surface area contributed by atoms with Gasteiger partial charge in [-0.25, -0.2) is 0 Å². The molecule has 0 spiro atoms. The van der Waals surface area contributed by atoms with Crippen LogP contribution in [0.3, 0.4) is 0 Å². The lowest BCUT2D eigenvalue weighted by molar-refractivity contribution is -0.126. The summed E-state index contributed by atoms with van der Waals surface area (Å²) in [5.41, 5.74) is 1.93. The number of hydrogen-bond donors (Lipinski definition) is 1. The fourth-order valence-electron chi connectivity index (χ4n) is 3.08. The molecule has 1 saturated heterocycles. The molecule has 27 heavy (non-hydrogen) atoms. The van der Waals surface area contributed by atoms with E-state index in [0.717, 1.165) is 24.3 Å². The van der Waals surface area contributed by atoms with Crippen molar-refractivity contribution < 1.29 is 19.4 Å². The van der Waals surface area contributed by atoms with E-state index in [0.29, 0.717) is 24.6 Å². The maximum absolute atomic E-state index is 12.5. The molecule has 1 aliphatic rings. The van der Waals surface area contributed by atoms with Gasteiger partial charge < -0.3 is 24.4 Å². The van der Waals surface area contributed by atoms with Crippen molar-refractivity contribution in [2.75, 3.05) is 45.3 Å². The number of hydrogen-bond acceptors (Lipinski definition) is 5. The normalized spacial score (nSPS) is 14.4. The van der Waals surface area contributed by atoms with Crippen LogP contribution in [0.4, 0.5) is 5.69 Å². The largest absolute Gasteiger partial charge is 0.508 e. The van der Waals surface area contributed by atoms with Gasteiger partial charge in [-0.05, 0) is 48.0 Å². The predicted molar refractivity (Wildman–Crippen MR) is 105 cm³/mol. The van der Waals surface area contributed by atoms with Gasteiger partial charge in [0.1, 0.15) is 5.75 Å². The lowest BCUT2D eigenvalue weighted by Gasteiger charge is -2.35. The van der Waals surface area contributed by atoms with Crippen molar-refractivity contribution in [3.05, 3.63) is 54.1 Å². The monoisotopic (exact) mass is 368 g/mol. The van der Waals surface area contributed by atoms with Crippen molar-refractivity contribution in [1.82, 2.24) is 4.90 Å². The van der Waals surface area contributed by atoms with Gasteiger partial charge in [-0.2, -0.15) is 0 Å². The summed E-state index contributed by atoms with van der Waals surface area (Å²) in [6.07, 6.45) is 3.38. The number of carbonyl (C=O) groups excluding carboxylic acids is 1. The summed E-state index contributed by atoms with van der Waals surface area (Å²) >= 11 is 0. The van der Waals surface area contributed by atoms with Crippen molar-refractivity contribution in [1.29, 1.82) is 0 Å². The molecule has 1 N–H and O–H groups in total. The average Bonchev–Trinajstić information content (AvgIpc) is 2.72. The highest BCUT2D eigenvalue weighted by Crippen LogP contribution is 2.28. The number of phenolic OH excluding ortho intramolecular Hbond substituents is 1. The molecule has 142 valence electrons. The molecule has 1 heterocycles. The Hall–Kier alpha value is -3.15. The summed E-state index contributed by atoms with van der Waals surface area (Å²) in [7, 11) is 3.18. The van der Waals surface area contributed by atoms with Crippen LogP contribution in [0.5, 0.6) is 17.2 Å². The quantitative estimate of drug-likeness (QED) is 0.823. The topological polar surface area (TPSA) is 62.2 Å². The van der Waals surface area contributed by atoms with E-state index >= 15 is 0 Å². The van der Waals surface area contributed by atoms with E-state index in [4.69, 9.17) is 9.47 Å². The summed E-state index contributed by atoms with van der Waals surface area (Å²) < 4.78 is 10.5. The van der Waals surface area contributed by atoms with Gasteiger partial charge >= 0.3 is 0 Å². The summed E-state index contributed by atoms with van der Waals surface area (Å²) in [6.45, 7) is 2.85. The van der Waals surface area contributed by atoms with Crippen LogP contribution in [0, 0.1) is 0 Å². The first-order chi connectivity index (χ1) is 13.1.